The van der Waals surface area contributed by atoms with Crippen molar-refractivity contribution in [3.63, 3.8) is 0 Å². The maximum atomic E-state index is 14.8. The molecule has 2 heterocycles. The molecule has 0 bridgehead atoms. The molecule has 1 aromatic heterocycles. The Morgan fingerprint density at radius 2 is 1.69 bits per heavy atom. The Bertz CT molecular complexity index is 790. The first-order valence-corrected chi connectivity index (χ1v) is 10.5. The van der Waals surface area contributed by atoms with Crippen LogP contribution in [0, 0.1) is 5.82 Å². The Hall–Kier alpha value is -1.57. The molecule has 1 aliphatic carbocycles. The molecule has 29 heavy (non-hydrogen) atoms. The third kappa shape index (κ3) is 4.62. The number of halogens is 2. The van der Waals surface area contributed by atoms with Gasteiger partial charge in [0.2, 0.25) is 0 Å². The Labute approximate surface area is 178 Å². The molecular formula is C21H32ClFN6. The standard InChI is InChI=1S/C21H31FN6.ClH/c1-21(2,3)28-20(23-24-25-28)19(17-10-6-7-11-18(17)22)27-14-12-26(13-15-27)16-8-4-5-9-16;/h6-7,10-11,16,19H,4-5,8-9,12-15H2,1-3H3;1H. The highest BCUT2D eigenvalue weighted by molar-refractivity contribution is 5.85. The first-order valence-electron chi connectivity index (χ1n) is 10.5. The van der Waals surface area contributed by atoms with Gasteiger partial charge in [-0.3, -0.25) is 9.80 Å². The summed E-state index contributed by atoms with van der Waals surface area (Å²) in [6.07, 6.45) is 5.34. The average Bonchev–Trinajstić information content (AvgIpc) is 3.36. The number of benzene rings is 1. The van der Waals surface area contributed by atoms with Gasteiger partial charge in [0.25, 0.3) is 0 Å². The van der Waals surface area contributed by atoms with E-state index in [1.807, 2.05) is 16.8 Å². The highest BCUT2D eigenvalue weighted by Gasteiger charge is 2.35. The van der Waals surface area contributed by atoms with E-state index in [0.717, 1.165) is 32.2 Å². The Kier molecular flexibility index (Phi) is 6.91. The van der Waals surface area contributed by atoms with Gasteiger partial charge >= 0.3 is 0 Å². The van der Waals surface area contributed by atoms with Crippen LogP contribution in [0.2, 0.25) is 0 Å². The molecule has 2 fully saturated rings. The molecule has 6 nitrogen and oxygen atoms in total. The second-order valence-corrected chi connectivity index (χ2v) is 9.05. The van der Waals surface area contributed by atoms with Crippen molar-refractivity contribution < 1.29 is 4.39 Å². The Balaban J connectivity index is 0.00000240. The van der Waals surface area contributed by atoms with Gasteiger partial charge in [-0.2, -0.15) is 0 Å². The quantitative estimate of drug-likeness (QED) is 0.752. The summed E-state index contributed by atoms with van der Waals surface area (Å²) in [4.78, 5) is 4.96. The zero-order valence-electron chi connectivity index (χ0n) is 17.6. The van der Waals surface area contributed by atoms with E-state index in [1.54, 1.807) is 6.07 Å². The zero-order valence-corrected chi connectivity index (χ0v) is 18.4. The van der Waals surface area contributed by atoms with E-state index in [2.05, 4.69) is 46.1 Å². The molecule has 4 rings (SSSR count). The number of hydrogen-bond acceptors (Lipinski definition) is 5. The Morgan fingerprint density at radius 3 is 2.31 bits per heavy atom. The van der Waals surface area contributed by atoms with Crippen LogP contribution in [-0.2, 0) is 5.54 Å². The number of tetrazole rings is 1. The van der Waals surface area contributed by atoms with Gasteiger partial charge < -0.3 is 0 Å². The topological polar surface area (TPSA) is 50.1 Å². The second kappa shape index (κ2) is 9.06. The predicted molar refractivity (Wildman–Crippen MR) is 114 cm³/mol. The van der Waals surface area contributed by atoms with Crippen LogP contribution in [0.1, 0.15) is 63.9 Å². The molecule has 160 valence electrons. The summed E-state index contributed by atoms with van der Waals surface area (Å²) in [7, 11) is 0. The van der Waals surface area contributed by atoms with Crippen LogP contribution in [0.4, 0.5) is 4.39 Å². The molecule has 1 saturated carbocycles. The fourth-order valence-electron chi connectivity index (χ4n) is 4.67. The smallest absolute Gasteiger partial charge is 0.173 e. The predicted octanol–water partition coefficient (Wildman–Crippen LogP) is 3.64. The highest BCUT2D eigenvalue weighted by atomic mass is 35.5. The fourth-order valence-corrected chi connectivity index (χ4v) is 4.67. The van der Waals surface area contributed by atoms with Crippen LogP contribution in [0.5, 0.6) is 0 Å². The second-order valence-electron chi connectivity index (χ2n) is 9.05. The summed E-state index contributed by atoms with van der Waals surface area (Å²) < 4.78 is 16.7. The van der Waals surface area contributed by atoms with E-state index in [0.29, 0.717) is 11.4 Å². The minimum Gasteiger partial charge on any atom is -0.298 e. The molecule has 1 aromatic carbocycles. The first-order chi connectivity index (χ1) is 13.4. The van der Waals surface area contributed by atoms with E-state index in [1.165, 1.54) is 31.7 Å². The lowest BCUT2D eigenvalue weighted by Crippen LogP contribution is -2.51. The van der Waals surface area contributed by atoms with Gasteiger partial charge in [-0.15, -0.1) is 17.5 Å². The lowest BCUT2D eigenvalue weighted by Gasteiger charge is -2.41. The van der Waals surface area contributed by atoms with Gasteiger partial charge in [0, 0.05) is 37.8 Å². The highest BCUT2D eigenvalue weighted by Crippen LogP contribution is 2.33. The van der Waals surface area contributed by atoms with Crippen LogP contribution in [-0.4, -0.2) is 62.2 Å². The van der Waals surface area contributed by atoms with E-state index in [4.69, 9.17) is 0 Å². The van der Waals surface area contributed by atoms with Crippen molar-refractivity contribution >= 4 is 12.4 Å². The van der Waals surface area contributed by atoms with Crippen molar-refractivity contribution in [1.82, 2.24) is 30.0 Å². The number of nitrogens with zero attached hydrogens (tertiary/aromatic N) is 6. The SMILES string of the molecule is CC(C)(C)n1nnnc1C(c1ccccc1F)N1CCN(C2CCCC2)CC1.Cl. The van der Waals surface area contributed by atoms with Crippen molar-refractivity contribution in [3.8, 4) is 0 Å². The zero-order chi connectivity index (χ0) is 19.7. The molecule has 0 spiro atoms. The minimum atomic E-state index is -0.277. The molecule has 1 atom stereocenters. The summed E-state index contributed by atoms with van der Waals surface area (Å²) in [6, 6.07) is 7.48. The molecule has 1 aliphatic heterocycles. The van der Waals surface area contributed by atoms with Crippen LogP contribution in [0.25, 0.3) is 0 Å². The first kappa shape index (κ1) is 22.1. The maximum absolute atomic E-state index is 14.8. The van der Waals surface area contributed by atoms with Crippen molar-refractivity contribution in [2.45, 2.75) is 64.1 Å². The van der Waals surface area contributed by atoms with Crippen molar-refractivity contribution in [2.75, 3.05) is 26.2 Å². The summed E-state index contributed by atoms with van der Waals surface area (Å²) >= 11 is 0. The van der Waals surface area contributed by atoms with Gasteiger partial charge in [-0.25, -0.2) is 9.07 Å². The largest absolute Gasteiger partial charge is 0.298 e. The Morgan fingerprint density at radius 1 is 1.03 bits per heavy atom. The molecule has 0 radical (unpaired) electrons. The summed E-state index contributed by atoms with van der Waals surface area (Å²) in [6.45, 7) is 10.0. The molecule has 1 unspecified atom stereocenters. The molecule has 1 saturated heterocycles. The molecule has 2 aliphatic rings. The number of piperazine rings is 1. The number of rotatable bonds is 4. The molecule has 0 amide bonds. The van der Waals surface area contributed by atoms with Gasteiger partial charge in [0.15, 0.2) is 5.82 Å². The lowest BCUT2D eigenvalue weighted by molar-refractivity contribution is 0.0746. The summed E-state index contributed by atoms with van der Waals surface area (Å²) in [5, 5.41) is 12.5. The normalized spacial score (nSPS) is 20.6. The fraction of sp³-hybridized carbons (Fsp3) is 0.667. The summed E-state index contributed by atoms with van der Waals surface area (Å²) in [5.74, 6) is 0.515. The third-order valence-corrected chi connectivity index (χ3v) is 6.13. The van der Waals surface area contributed by atoms with Crippen LogP contribution < -0.4 is 0 Å². The van der Waals surface area contributed by atoms with Crippen LogP contribution in [0.3, 0.4) is 0 Å². The lowest BCUT2D eigenvalue weighted by atomic mass is 10.0. The van der Waals surface area contributed by atoms with Gasteiger partial charge in [-0.05, 0) is 50.1 Å². The van der Waals surface area contributed by atoms with E-state index >= 15 is 0 Å². The van der Waals surface area contributed by atoms with Crippen molar-refractivity contribution in [2.24, 2.45) is 0 Å². The van der Waals surface area contributed by atoms with E-state index in [-0.39, 0.29) is 29.8 Å². The molecule has 8 heteroatoms. The monoisotopic (exact) mass is 422 g/mol. The van der Waals surface area contributed by atoms with Crippen LogP contribution in [0.15, 0.2) is 24.3 Å². The number of aromatic nitrogens is 4. The summed E-state index contributed by atoms with van der Waals surface area (Å²) in [5.41, 5.74) is 0.380. The maximum Gasteiger partial charge on any atom is 0.173 e. The molecular weight excluding hydrogens is 391 g/mol. The van der Waals surface area contributed by atoms with Crippen LogP contribution >= 0.6 is 12.4 Å². The van der Waals surface area contributed by atoms with Gasteiger partial charge in [0.05, 0.1) is 5.54 Å². The van der Waals surface area contributed by atoms with Gasteiger partial charge in [-0.1, -0.05) is 31.0 Å². The third-order valence-electron chi connectivity index (χ3n) is 6.13. The minimum absolute atomic E-state index is 0. The van der Waals surface area contributed by atoms with Crippen molar-refractivity contribution in [3.05, 3.63) is 41.5 Å². The van der Waals surface area contributed by atoms with E-state index < -0.39 is 0 Å². The van der Waals surface area contributed by atoms with E-state index in [9.17, 15) is 4.39 Å². The molecule has 2 aromatic rings. The van der Waals surface area contributed by atoms with Crippen molar-refractivity contribution in [1.29, 1.82) is 0 Å². The average molecular weight is 423 g/mol. The molecule has 0 N–H and O–H groups in total. The number of hydrogen-bond donors (Lipinski definition) is 0. The van der Waals surface area contributed by atoms with Gasteiger partial charge in [0.1, 0.15) is 11.9 Å².